The lowest BCUT2D eigenvalue weighted by Crippen LogP contribution is -2.31. The Hall–Kier alpha value is -2.29. The Morgan fingerprint density at radius 1 is 1.04 bits per heavy atom. The van der Waals surface area contributed by atoms with Crippen LogP contribution in [0.2, 0.25) is 5.02 Å². The van der Waals surface area contributed by atoms with Gasteiger partial charge in [-0.3, -0.25) is 15.1 Å². The maximum absolute atomic E-state index is 12.8. The first-order chi connectivity index (χ1) is 13.4. The van der Waals surface area contributed by atoms with Gasteiger partial charge in [-0.25, -0.2) is 8.42 Å². The molecule has 0 aromatic heterocycles. The number of sulfonamides is 1. The largest absolute Gasteiger partial charge is 0.288 e. The Morgan fingerprint density at radius 3 is 2.29 bits per heavy atom. The van der Waals surface area contributed by atoms with Crippen LogP contribution in [-0.4, -0.2) is 37.0 Å². The van der Waals surface area contributed by atoms with Gasteiger partial charge in [-0.2, -0.15) is 4.31 Å². The standard InChI is InChI=1S/C19H20ClN3O4S/c20-18-10-5-15(13-19(18)23(24)25)14-21-16-6-8-17(9-7-16)28(26,27)22-11-3-1-2-4-12-22/h5-10,13-14H,1-4,11-12H2. The summed E-state index contributed by atoms with van der Waals surface area (Å²) in [5, 5.41) is 11.0. The molecule has 9 heteroatoms. The summed E-state index contributed by atoms with van der Waals surface area (Å²) in [4.78, 5) is 14.9. The van der Waals surface area contributed by atoms with Gasteiger partial charge in [0.1, 0.15) is 5.02 Å². The number of aliphatic imine (C=N–C) groups is 1. The number of nitro groups is 1. The molecular weight excluding hydrogens is 402 g/mol. The highest BCUT2D eigenvalue weighted by Gasteiger charge is 2.24. The minimum absolute atomic E-state index is 0.0604. The van der Waals surface area contributed by atoms with Gasteiger partial charge in [0.25, 0.3) is 5.69 Å². The highest BCUT2D eigenvalue weighted by atomic mass is 35.5. The Kier molecular flexibility index (Phi) is 6.43. The molecule has 0 amide bonds. The lowest BCUT2D eigenvalue weighted by atomic mass is 10.2. The zero-order valence-corrected chi connectivity index (χ0v) is 16.7. The van der Waals surface area contributed by atoms with E-state index in [1.54, 1.807) is 22.5 Å². The van der Waals surface area contributed by atoms with Crippen LogP contribution in [0, 0.1) is 10.1 Å². The molecule has 7 nitrogen and oxygen atoms in total. The van der Waals surface area contributed by atoms with Crippen LogP contribution in [0.1, 0.15) is 31.2 Å². The normalized spacial score (nSPS) is 16.2. The topological polar surface area (TPSA) is 92.9 Å². The zero-order valence-electron chi connectivity index (χ0n) is 15.1. The number of halogens is 1. The molecule has 0 atom stereocenters. The molecule has 0 aliphatic carbocycles. The predicted molar refractivity (Wildman–Crippen MR) is 109 cm³/mol. The maximum Gasteiger partial charge on any atom is 0.288 e. The van der Waals surface area contributed by atoms with Crippen molar-refractivity contribution in [2.45, 2.75) is 30.6 Å². The minimum Gasteiger partial charge on any atom is -0.258 e. The third kappa shape index (κ3) is 4.76. The van der Waals surface area contributed by atoms with E-state index >= 15 is 0 Å². The second-order valence-corrected chi connectivity index (χ2v) is 8.88. The van der Waals surface area contributed by atoms with Crippen molar-refractivity contribution in [3.8, 4) is 0 Å². The molecule has 0 saturated carbocycles. The van der Waals surface area contributed by atoms with E-state index in [4.69, 9.17) is 11.6 Å². The highest BCUT2D eigenvalue weighted by molar-refractivity contribution is 7.89. The first kappa shape index (κ1) is 20.4. The van der Waals surface area contributed by atoms with E-state index in [1.807, 2.05) is 0 Å². The number of nitrogens with zero attached hydrogens (tertiary/aromatic N) is 3. The lowest BCUT2D eigenvalue weighted by Gasteiger charge is -2.19. The average molecular weight is 422 g/mol. The van der Waals surface area contributed by atoms with Crippen molar-refractivity contribution in [1.82, 2.24) is 4.31 Å². The SMILES string of the molecule is O=[N+]([O-])c1cc(C=Nc2ccc(S(=O)(=O)N3CCCCCC3)cc2)ccc1Cl. The molecule has 0 spiro atoms. The van der Waals surface area contributed by atoms with Crippen molar-refractivity contribution in [2.24, 2.45) is 4.99 Å². The number of rotatable bonds is 5. The predicted octanol–water partition coefficient (Wildman–Crippen LogP) is 4.56. The van der Waals surface area contributed by atoms with Crippen LogP contribution in [-0.2, 0) is 10.0 Å². The van der Waals surface area contributed by atoms with E-state index in [9.17, 15) is 18.5 Å². The van der Waals surface area contributed by atoms with Gasteiger partial charge >= 0.3 is 0 Å². The molecule has 1 fully saturated rings. The van der Waals surface area contributed by atoms with Crippen molar-refractivity contribution in [3.05, 3.63) is 63.2 Å². The number of hydrogen-bond donors (Lipinski definition) is 0. The molecule has 2 aromatic rings. The molecular formula is C19H20ClN3O4S. The molecule has 0 unspecified atom stereocenters. The summed E-state index contributed by atoms with van der Waals surface area (Å²) in [6, 6.07) is 10.7. The van der Waals surface area contributed by atoms with Crippen molar-refractivity contribution >= 4 is 39.2 Å². The van der Waals surface area contributed by atoms with E-state index in [1.165, 1.54) is 30.5 Å². The van der Waals surface area contributed by atoms with Gasteiger partial charge in [0.05, 0.1) is 15.5 Å². The maximum atomic E-state index is 12.8. The molecule has 0 bridgehead atoms. The van der Waals surface area contributed by atoms with Gasteiger partial charge in [-0.1, -0.05) is 30.5 Å². The molecule has 148 valence electrons. The fraction of sp³-hybridized carbons (Fsp3) is 0.316. The fourth-order valence-corrected chi connectivity index (χ4v) is 4.74. The third-order valence-electron chi connectivity index (χ3n) is 4.57. The van der Waals surface area contributed by atoms with Crippen molar-refractivity contribution < 1.29 is 13.3 Å². The van der Waals surface area contributed by atoms with E-state index < -0.39 is 14.9 Å². The van der Waals surface area contributed by atoms with Crippen molar-refractivity contribution in [2.75, 3.05) is 13.1 Å². The van der Waals surface area contributed by atoms with E-state index in [2.05, 4.69) is 4.99 Å². The molecule has 1 aliphatic rings. The fourth-order valence-electron chi connectivity index (χ4n) is 3.03. The number of nitro benzene ring substituents is 1. The van der Waals surface area contributed by atoms with Crippen molar-refractivity contribution in [1.29, 1.82) is 0 Å². The van der Waals surface area contributed by atoms with Crippen LogP contribution in [0.5, 0.6) is 0 Å². The van der Waals surface area contributed by atoms with Gasteiger partial charge in [0, 0.05) is 25.4 Å². The monoisotopic (exact) mass is 421 g/mol. The first-order valence-electron chi connectivity index (χ1n) is 8.96. The van der Waals surface area contributed by atoms with Gasteiger partial charge in [0.15, 0.2) is 0 Å². The summed E-state index contributed by atoms with van der Waals surface area (Å²) in [6.45, 7) is 1.11. The van der Waals surface area contributed by atoms with Gasteiger partial charge in [-0.15, -0.1) is 0 Å². The van der Waals surface area contributed by atoms with Crippen LogP contribution >= 0.6 is 11.6 Å². The van der Waals surface area contributed by atoms with Crippen LogP contribution in [0.4, 0.5) is 11.4 Å². The van der Waals surface area contributed by atoms with E-state index in [0.717, 1.165) is 25.7 Å². The smallest absolute Gasteiger partial charge is 0.258 e. The molecule has 2 aromatic carbocycles. The first-order valence-corrected chi connectivity index (χ1v) is 10.8. The van der Waals surface area contributed by atoms with Crippen LogP contribution in [0.3, 0.4) is 0 Å². The Bertz CT molecular complexity index is 983. The van der Waals surface area contributed by atoms with E-state index in [-0.39, 0.29) is 15.6 Å². The summed E-state index contributed by atoms with van der Waals surface area (Å²) in [7, 11) is -3.50. The second-order valence-electron chi connectivity index (χ2n) is 6.54. The molecule has 1 saturated heterocycles. The summed E-state index contributed by atoms with van der Waals surface area (Å²) in [5.41, 5.74) is 0.884. The Morgan fingerprint density at radius 2 is 1.68 bits per heavy atom. The third-order valence-corrected chi connectivity index (χ3v) is 6.80. The minimum atomic E-state index is -3.50. The average Bonchev–Trinajstić information content (AvgIpc) is 2.97. The van der Waals surface area contributed by atoms with Crippen molar-refractivity contribution in [3.63, 3.8) is 0 Å². The molecule has 3 rings (SSSR count). The van der Waals surface area contributed by atoms with Crippen LogP contribution in [0.25, 0.3) is 0 Å². The van der Waals surface area contributed by atoms with Crippen LogP contribution in [0.15, 0.2) is 52.4 Å². The molecule has 1 aliphatic heterocycles. The van der Waals surface area contributed by atoms with Gasteiger partial charge in [0.2, 0.25) is 10.0 Å². The molecule has 0 radical (unpaired) electrons. The summed E-state index contributed by atoms with van der Waals surface area (Å²) in [5.74, 6) is 0. The van der Waals surface area contributed by atoms with E-state index in [0.29, 0.717) is 24.3 Å². The Labute approximate surface area is 168 Å². The molecule has 28 heavy (non-hydrogen) atoms. The second kappa shape index (κ2) is 8.81. The van der Waals surface area contributed by atoms with Gasteiger partial charge in [-0.05, 0) is 48.7 Å². The number of benzene rings is 2. The Balaban J connectivity index is 1.76. The quantitative estimate of drug-likeness (QED) is 0.401. The lowest BCUT2D eigenvalue weighted by molar-refractivity contribution is -0.384. The molecule has 0 N–H and O–H groups in total. The van der Waals surface area contributed by atoms with Gasteiger partial charge < -0.3 is 0 Å². The highest BCUT2D eigenvalue weighted by Crippen LogP contribution is 2.25. The summed E-state index contributed by atoms with van der Waals surface area (Å²) in [6.07, 6.45) is 5.36. The zero-order chi connectivity index (χ0) is 20.1. The summed E-state index contributed by atoms with van der Waals surface area (Å²) < 4.78 is 27.1. The van der Waals surface area contributed by atoms with Crippen LogP contribution < -0.4 is 0 Å². The number of hydrogen-bond acceptors (Lipinski definition) is 5. The summed E-state index contributed by atoms with van der Waals surface area (Å²) >= 11 is 5.80. The molecule has 1 heterocycles.